The van der Waals surface area contributed by atoms with Gasteiger partial charge in [-0.3, -0.25) is 9.59 Å². The summed E-state index contributed by atoms with van der Waals surface area (Å²) >= 11 is 5.88. The number of benzene rings is 1. The fourth-order valence-electron chi connectivity index (χ4n) is 3.65. The molecule has 112 valence electrons. The highest BCUT2D eigenvalue weighted by Crippen LogP contribution is 2.46. The Kier molecular flexibility index (Phi) is 3.66. The van der Waals surface area contributed by atoms with E-state index in [9.17, 15) is 9.59 Å². The Labute approximate surface area is 129 Å². The SMILES string of the molecule is Nc1cc(Cl)ccc1N1C(=O)CC2(CCCCC2)CC1=O. The van der Waals surface area contributed by atoms with Gasteiger partial charge in [-0.2, -0.15) is 0 Å². The highest BCUT2D eigenvalue weighted by atomic mass is 35.5. The predicted molar refractivity (Wildman–Crippen MR) is 83.1 cm³/mol. The van der Waals surface area contributed by atoms with Crippen molar-refractivity contribution in [1.29, 1.82) is 0 Å². The van der Waals surface area contributed by atoms with E-state index in [1.54, 1.807) is 18.2 Å². The normalized spacial score (nSPS) is 21.9. The Morgan fingerprint density at radius 2 is 1.67 bits per heavy atom. The number of hydrogen-bond donors (Lipinski definition) is 1. The third-order valence-corrected chi connectivity index (χ3v) is 4.93. The lowest BCUT2D eigenvalue weighted by Gasteiger charge is -2.42. The lowest BCUT2D eigenvalue weighted by Crippen LogP contribution is -2.49. The molecule has 1 aliphatic carbocycles. The molecule has 1 spiro atoms. The zero-order chi connectivity index (χ0) is 15.0. The van der Waals surface area contributed by atoms with E-state index in [2.05, 4.69) is 0 Å². The van der Waals surface area contributed by atoms with E-state index < -0.39 is 0 Å². The van der Waals surface area contributed by atoms with Crippen LogP contribution in [0.2, 0.25) is 5.02 Å². The fourth-order valence-corrected chi connectivity index (χ4v) is 3.83. The van der Waals surface area contributed by atoms with Gasteiger partial charge >= 0.3 is 0 Å². The number of carbonyl (C=O) groups excluding carboxylic acids is 2. The highest BCUT2D eigenvalue weighted by Gasteiger charge is 2.44. The van der Waals surface area contributed by atoms with Crippen molar-refractivity contribution in [3.63, 3.8) is 0 Å². The summed E-state index contributed by atoms with van der Waals surface area (Å²) in [5.41, 5.74) is 6.63. The second kappa shape index (κ2) is 5.34. The molecule has 0 atom stereocenters. The standard InChI is InChI=1S/C16H19ClN2O2/c17-11-4-5-13(12(18)8-11)19-14(20)9-16(10-15(19)21)6-2-1-3-7-16/h4-5,8H,1-3,6-7,9-10,18H2. The molecule has 2 aliphatic rings. The van der Waals surface area contributed by atoms with Crippen LogP contribution in [-0.4, -0.2) is 11.8 Å². The minimum Gasteiger partial charge on any atom is -0.397 e. The number of carbonyl (C=O) groups is 2. The molecule has 1 saturated heterocycles. The van der Waals surface area contributed by atoms with Gasteiger partial charge in [0.1, 0.15) is 0 Å². The quantitative estimate of drug-likeness (QED) is 0.637. The van der Waals surface area contributed by atoms with Gasteiger partial charge < -0.3 is 5.73 Å². The Bertz CT molecular complexity index is 574. The molecule has 0 aromatic heterocycles. The van der Waals surface area contributed by atoms with Gasteiger partial charge in [0.05, 0.1) is 11.4 Å². The first kappa shape index (κ1) is 14.4. The maximum Gasteiger partial charge on any atom is 0.234 e. The molecule has 4 nitrogen and oxygen atoms in total. The average Bonchev–Trinajstić information content (AvgIpc) is 2.41. The van der Waals surface area contributed by atoms with Crippen molar-refractivity contribution in [2.24, 2.45) is 5.41 Å². The molecule has 5 heteroatoms. The lowest BCUT2D eigenvalue weighted by molar-refractivity contribution is -0.134. The second-order valence-electron chi connectivity index (χ2n) is 6.24. The summed E-state index contributed by atoms with van der Waals surface area (Å²) in [5.74, 6) is -0.274. The van der Waals surface area contributed by atoms with Crippen molar-refractivity contribution in [2.75, 3.05) is 10.6 Å². The molecule has 1 aliphatic heterocycles. The van der Waals surface area contributed by atoms with Crippen molar-refractivity contribution >= 4 is 34.8 Å². The molecule has 2 amide bonds. The summed E-state index contributed by atoms with van der Waals surface area (Å²) in [4.78, 5) is 26.3. The summed E-state index contributed by atoms with van der Waals surface area (Å²) in [6.45, 7) is 0. The van der Waals surface area contributed by atoms with Gasteiger partial charge in [0.2, 0.25) is 11.8 Å². The summed E-state index contributed by atoms with van der Waals surface area (Å²) in [6, 6.07) is 4.87. The molecule has 1 saturated carbocycles. The van der Waals surface area contributed by atoms with E-state index in [4.69, 9.17) is 17.3 Å². The lowest BCUT2D eigenvalue weighted by atomic mass is 9.67. The Balaban J connectivity index is 1.88. The van der Waals surface area contributed by atoms with Crippen molar-refractivity contribution in [2.45, 2.75) is 44.9 Å². The van der Waals surface area contributed by atoms with Crippen LogP contribution in [0.4, 0.5) is 11.4 Å². The number of nitrogens with zero attached hydrogens (tertiary/aromatic N) is 1. The van der Waals surface area contributed by atoms with Crippen LogP contribution < -0.4 is 10.6 Å². The van der Waals surface area contributed by atoms with Crippen LogP contribution in [0.15, 0.2) is 18.2 Å². The fraction of sp³-hybridized carbons (Fsp3) is 0.500. The summed E-state index contributed by atoms with van der Waals surface area (Å²) < 4.78 is 0. The zero-order valence-electron chi connectivity index (χ0n) is 11.9. The second-order valence-corrected chi connectivity index (χ2v) is 6.68. The van der Waals surface area contributed by atoms with Crippen LogP contribution in [0.25, 0.3) is 0 Å². The summed E-state index contributed by atoms with van der Waals surface area (Å²) in [6.07, 6.45) is 6.29. The van der Waals surface area contributed by atoms with Crippen molar-refractivity contribution in [1.82, 2.24) is 0 Å². The van der Waals surface area contributed by atoms with Crippen molar-refractivity contribution < 1.29 is 9.59 Å². The van der Waals surface area contributed by atoms with E-state index in [0.717, 1.165) is 25.7 Å². The summed E-state index contributed by atoms with van der Waals surface area (Å²) in [7, 11) is 0. The topological polar surface area (TPSA) is 63.4 Å². The Morgan fingerprint density at radius 1 is 1.05 bits per heavy atom. The molecule has 21 heavy (non-hydrogen) atoms. The van der Waals surface area contributed by atoms with E-state index in [0.29, 0.717) is 29.2 Å². The first-order valence-corrected chi connectivity index (χ1v) is 7.79. The smallest absolute Gasteiger partial charge is 0.234 e. The van der Waals surface area contributed by atoms with E-state index >= 15 is 0 Å². The molecule has 3 rings (SSSR count). The molecule has 1 aromatic rings. The third-order valence-electron chi connectivity index (χ3n) is 4.70. The maximum atomic E-state index is 12.5. The first-order valence-electron chi connectivity index (χ1n) is 7.42. The van der Waals surface area contributed by atoms with Gasteiger partial charge in [-0.1, -0.05) is 30.9 Å². The van der Waals surface area contributed by atoms with Crippen LogP contribution in [0.3, 0.4) is 0 Å². The van der Waals surface area contributed by atoms with Crippen LogP contribution in [0.5, 0.6) is 0 Å². The van der Waals surface area contributed by atoms with Crippen molar-refractivity contribution in [3.8, 4) is 0 Å². The van der Waals surface area contributed by atoms with Gasteiger partial charge in [-0.25, -0.2) is 4.90 Å². The largest absolute Gasteiger partial charge is 0.397 e. The first-order chi connectivity index (χ1) is 10.0. The molecule has 2 N–H and O–H groups in total. The van der Waals surface area contributed by atoms with Crippen LogP contribution in [-0.2, 0) is 9.59 Å². The molecule has 0 bridgehead atoms. The number of hydrogen-bond acceptors (Lipinski definition) is 3. The van der Waals surface area contributed by atoms with Gasteiger partial charge in [-0.05, 0) is 36.5 Å². The summed E-state index contributed by atoms with van der Waals surface area (Å²) in [5, 5.41) is 0.497. The molecule has 0 radical (unpaired) electrons. The van der Waals surface area contributed by atoms with Gasteiger partial charge in [0.25, 0.3) is 0 Å². The molecule has 1 aromatic carbocycles. The van der Waals surface area contributed by atoms with Crippen LogP contribution >= 0.6 is 11.6 Å². The van der Waals surface area contributed by atoms with Gasteiger partial charge in [0, 0.05) is 17.9 Å². The number of rotatable bonds is 1. The number of anilines is 2. The number of imide groups is 1. The number of piperidine rings is 1. The van der Waals surface area contributed by atoms with Crippen LogP contribution in [0.1, 0.15) is 44.9 Å². The van der Waals surface area contributed by atoms with Gasteiger partial charge in [-0.15, -0.1) is 0 Å². The van der Waals surface area contributed by atoms with Gasteiger partial charge in [0.15, 0.2) is 0 Å². The monoisotopic (exact) mass is 306 g/mol. The average molecular weight is 307 g/mol. The zero-order valence-corrected chi connectivity index (χ0v) is 12.7. The number of amides is 2. The minimum atomic E-state index is -0.137. The number of nitrogens with two attached hydrogens (primary N) is 1. The Hall–Kier alpha value is -1.55. The van der Waals surface area contributed by atoms with Crippen LogP contribution in [0, 0.1) is 5.41 Å². The van der Waals surface area contributed by atoms with E-state index in [-0.39, 0.29) is 17.2 Å². The third kappa shape index (κ3) is 2.64. The molecular weight excluding hydrogens is 288 g/mol. The van der Waals surface area contributed by atoms with E-state index in [1.807, 2.05) is 0 Å². The number of nitrogen functional groups attached to an aromatic ring is 1. The molecule has 2 fully saturated rings. The molecule has 0 unspecified atom stereocenters. The number of halogens is 1. The maximum absolute atomic E-state index is 12.5. The highest BCUT2D eigenvalue weighted by molar-refractivity contribution is 6.31. The Morgan fingerprint density at radius 3 is 2.24 bits per heavy atom. The molecule has 1 heterocycles. The van der Waals surface area contributed by atoms with E-state index in [1.165, 1.54) is 11.3 Å². The van der Waals surface area contributed by atoms with Crippen molar-refractivity contribution in [3.05, 3.63) is 23.2 Å². The predicted octanol–water partition coefficient (Wildman–Crippen LogP) is 3.53. The molecular formula is C16H19ClN2O2. The minimum absolute atomic E-state index is 0.107.